The van der Waals surface area contributed by atoms with Gasteiger partial charge < -0.3 is 10.4 Å². The number of halogens is 1. The van der Waals surface area contributed by atoms with E-state index in [1.165, 1.54) is 0 Å². The maximum absolute atomic E-state index is 11.2. The van der Waals surface area contributed by atoms with E-state index in [9.17, 15) is 5.11 Å². The molecule has 0 bridgehead atoms. The fourth-order valence-electron chi connectivity index (χ4n) is 2.70. The van der Waals surface area contributed by atoms with Crippen molar-refractivity contribution >= 4 is 11.6 Å². The van der Waals surface area contributed by atoms with Gasteiger partial charge in [-0.1, -0.05) is 48.0 Å². The summed E-state index contributed by atoms with van der Waals surface area (Å²) in [6.07, 6.45) is 3.61. The molecule has 1 aromatic heterocycles. The first kappa shape index (κ1) is 15.7. The van der Waals surface area contributed by atoms with Crippen molar-refractivity contribution < 1.29 is 5.11 Å². The highest BCUT2D eigenvalue weighted by Crippen LogP contribution is 2.31. The minimum Gasteiger partial charge on any atom is -0.379 e. The molecule has 0 radical (unpaired) electrons. The second-order valence-corrected chi connectivity index (χ2v) is 5.90. The minimum absolute atomic E-state index is 0.402. The summed E-state index contributed by atoms with van der Waals surface area (Å²) in [5, 5.41) is 21.7. The summed E-state index contributed by atoms with van der Waals surface area (Å²) in [5.41, 5.74) is 2.56. The van der Waals surface area contributed by atoms with Crippen LogP contribution < -0.4 is 5.32 Å². The smallest absolute Gasteiger partial charge is 0.127 e. The van der Waals surface area contributed by atoms with Crippen LogP contribution in [0.1, 0.15) is 11.1 Å². The zero-order valence-corrected chi connectivity index (χ0v) is 13.5. The largest absolute Gasteiger partial charge is 0.379 e. The maximum Gasteiger partial charge on any atom is 0.127 e. The average molecular weight is 328 g/mol. The van der Waals surface area contributed by atoms with Crippen LogP contribution in [0.2, 0.25) is 5.02 Å². The monoisotopic (exact) mass is 327 g/mol. The maximum atomic E-state index is 11.2. The fraction of sp³-hybridized carbons (Fsp3) is 0.167. The first-order valence-electron chi connectivity index (χ1n) is 7.36. The van der Waals surface area contributed by atoms with Crippen LogP contribution in [-0.2, 0) is 5.60 Å². The van der Waals surface area contributed by atoms with E-state index in [4.69, 9.17) is 11.6 Å². The number of benzene rings is 2. The normalized spacial score (nSPS) is 13.7. The first-order chi connectivity index (χ1) is 11.1. The third-order valence-electron chi connectivity index (χ3n) is 3.95. The van der Waals surface area contributed by atoms with Crippen molar-refractivity contribution in [1.29, 1.82) is 0 Å². The van der Waals surface area contributed by atoms with Gasteiger partial charge in [-0.2, -0.15) is 5.10 Å². The summed E-state index contributed by atoms with van der Waals surface area (Å²) in [6, 6.07) is 15.1. The fourth-order valence-corrected chi connectivity index (χ4v) is 2.83. The zero-order chi connectivity index (χ0) is 16.3. The van der Waals surface area contributed by atoms with Gasteiger partial charge >= 0.3 is 0 Å². The van der Waals surface area contributed by atoms with Gasteiger partial charge in [0, 0.05) is 23.3 Å². The molecule has 0 saturated heterocycles. The number of hydrogen-bond donors (Lipinski definition) is 3. The van der Waals surface area contributed by atoms with E-state index in [0.29, 0.717) is 11.6 Å². The van der Waals surface area contributed by atoms with Gasteiger partial charge in [-0.25, -0.2) is 0 Å². The van der Waals surface area contributed by atoms with Gasteiger partial charge in [0.05, 0.1) is 6.20 Å². The molecule has 4 nitrogen and oxygen atoms in total. The van der Waals surface area contributed by atoms with Gasteiger partial charge in [-0.05, 0) is 35.9 Å². The summed E-state index contributed by atoms with van der Waals surface area (Å²) in [5.74, 6) is 0. The number of likely N-dealkylation sites (N-methyl/N-ethyl adjacent to an activating group) is 1. The molecular formula is C18H18ClN3O. The van der Waals surface area contributed by atoms with Gasteiger partial charge in [0.15, 0.2) is 0 Å². The summed E-state index contributed by atoms with van der Waals surface area (Å²) in [6.45, 7) is 0.402. The van der Waals surface area contributed by atoms with E-state index in [1.807, 2.05) is 49.6 Å². The van der Waals surface area contributed by atoms with Gasteiger partial charge in [0.25, 0.3) is 0 Å². The first-order valence-corrected chi connectivity index (χ1v) is 7.74. The topological polar surface area (TPSA) is 60.9 Å². The van der Waals surface area contributed by atoms with E-state index < -0.39 is 5.60 Å². The Labute approximate surface area is 140 Å². The second-order valence-electron chi connectivity index (χ2n) is 5.46. The van der Waals surface area contributed by atoms with Crippen molar-refractivity contribution in [3.8, 4) is 11.1 Å². The molecule has 0 amide bonds. The Balaban J connectivity index is 1.99. The quantitative estimate of drug-likeness (QED) is 0.674. The van der Waals surface area contributed by atoms with Crippen LogP contribution in [0.25, 0.3) is 11.1 Å². The molecule has 0 saturated carbocycles. The Bertz CT molecular complexity index is 754. The lowest BCUT2D eigenvalue weighted by Crippen LogP contribution is -2.37. The zero-order valence-electron chi connectivity index (χ0n) is 12.8. The molecule has 0 aliphatic rings. The van der Waals surface area contributed by atoms with E-state index in [-0.39, 0.29) is 0 Å². The Morgan fingerprint density at radius 3 is 2.17 bits per heavy atom. The van der Waals surface area contributed by atoms with E-state index in [0.717, 1.165) is 22.3 Å². The Hall–Kier alpha value is -2.14. The molecule has 23 heavy (non-hydrogen) atoms. The number of nitrogens with zero attached hydrogens (tertiary/aromatic N) is 1. The average Bonchev–Trinajstić information content (AvgIpc) is 3.10. The molecule has 0 aliphatic heterocycles. The highest BCUT2D eigenvalue weighted by molar-refractivity contribution is 6.30. The van der Waals surface area contributed by atoms with Crippen LogP contribution in [0.3, 0.4) is 0 Å². The molecule has 118 valence electrons. The third-order valence-corrected chi connectivity index (χ3v) is 4.20. The van der Waals surface area contributed by atoms with Crippen molar-refractivity contribution in [3.05, 3.63) is 77.1 Å². The lowest BCUT2D eigenvalue weighted by Gasteiger charge is -2.29. The summed E-state index contributed by atoms with van der Waals surface area (Å²) in [7, 11) is 1.82. The molecule has 1 atom stereocenters. The number of H-pyrrole nitrogens is 1. The highest BCUT2D eigenvalue weighted by Gasteiger charge is 2.30. The van der Waals surface area contributed by atoms with Crippen LogP contribution in [0.15, 0.2) is 60.9 Å². The lowest BCUT2D eigenvalue weighted by molar-refractivity contribution is 0.0823. The van der Waals surface area contributed by atoms with Gasteiger partial charge in [-0.3, -0.25) is 5.10 Å². The van der Waals surface area contributed by atoms with Crippen molar-refractivity contribution in [2.75, 3.05) is 13.6 Å². The van der Waals surface area contributed by atoms with Crippen molar-refractivity contribution in [1.82, 2.24) is 15.5 Å². The van der Waals surface area contributed by atoms with Crippen molar-refractivity contribution in [2.24, 2.45) is 0 Å². The molecule has 3 rings (SSSR count). The van der Waals surface area contributed by atoms with E-state index in [2.05, 4.69) is 15.5 Å². The molecule has 1 heterocycles. The van der Waals surface area contributed by atoms with Gasteiger partial charge in [0.1, 0.15) is 5.60 Å². The predicted molar refractivity (Wildman–Crippen MR) is 92.4 cm³/mol. The number of rotatable bonds is 5. The molecule has 0 aliphatic carbocycles. The SMILES string of the molecule is CNCC(O)(c1ccc(Cl)cc1)c1ccc(-c2cn[nH]c2)cc1. The Morgan fingerprint density at radius 1 is 1.04 bits per heavy atom. The number of aromatic amines is 1. The number of nitrogens with one attached hydrogen (secondary N) is 2. The van der Waals surface area contributed by atoms with Crippen LogP contribution in [-0.4, -0.2) is 28.9 Å². The van der Waals surface area contributed by atoms with Crippen LogP contribution in [0.5, 0.6) is 0 Å². The number of hydrogen-bond acceptors (Lipinski definition) is 3. The molecule has 1 unspecified atom stereocenters. The molecular weight excluding hydrogens is 310 g/mol. The highest BCUT2D eigenvalue weighted by atomic mass is 35.5. The van der Waals surface area contributed by atoms with Crippen molar-refractivity contribution in [3.63, 3.8) is 0 Å². The molecule has 2 aromatic carbocycles. The molecule has 3 N–H and O–H groups in total. The number of aliphatic hydroxyl groups is 1. The standard InChI is InChI=1S/C18H18ClN3O/c1-20-12-18(23,16-6-8-17(19)9-7-16)15-4-2-13(3-5-15)14-10-21-22-11-14/h2-11,20,23H,12H2,1H3,(H,21,22). The molecule has 0 spiro atoms. The number of aromatic nitrogens is 2. The summed E-state index contributed by atoms with van der Waals surface area (Å²) in [4.78, 5) is 0. The van der Waals surface area contributed by atoms with Gasteiger partial charge in [-0.15, -0.1) is 0 Å². The Kier molecular flexibility index (Phi) is 4.48. The van der Waals surface area contributed by atoms with E-state index >= 15 is 0 Å². The second kappa shape index (κ2) is 6.54. The van der Waals surface area contributed by atoms with Crippen LogP contribution >= 0.6 is 11.6 Å². The predicted octanol–water partition coefficient (Wildman–Crippen LogP) is 3.19. The van der Waals surface area contributed by atoms with Crippen molar-refractivity contribution in [2.45, 2.75) is 5.60 Å². The molecule has 5 heteroatoms. The summed E-state index contributed by atoms with van der Waals surface area (Å²) < 4.78 is 0. The molecule has 3 aromatic rings. The van der Waals surface area contributed by atoms with Crippen LogP contribution in [0.4, 0.5) is 0 Å². The summed E-state index contributed by atoms with van der Waals surface area (Å²) >= 11 is 5.96. The van der Waals surface area contributed by atoms with Crippen LogP contribution in [0, 0.1) is 0 Å². The lowest BCUT2D eigenvalue weighted by atomic mass is 9.85. The minimum atomic E-state index is -1.12. The third kappa shape index (κ3) is 3.15. The van der Waals surface area contributed by atoms with Gasteiger partial charge in [0.2, 0.25) is 0 Å². The Morgan fingerprint density at radius 2 is 1.65 bits per heavy atom. The molecule has 0 fully saturated rings. The van der Waals surface area contributed by atoms with E-state index in [1.54, 1.807) is 18.3 Å².